The number of benzene rings is 1. The molecule has 0 heterocycles. The zero-order valence-corrected chi connectivity index (χ0v) is 10.1. The monoisotopic (exact) mass is 237 g/mol. The van der Waals surface area contributed by atoms with Crippen molar-refractivity contribution < 1.29 is 4.84 Å². The summed E-state index contributed by atoms with van der Waals surface area (Å²) >= 11 is 5.80. The molecule has 0 aliphatic heterocycles. The van der Waals surface area contributed by atoms with Gasteiger partial charge in [-0.2, -0.15) is 5.48 Å². The summed E-state index contributed by atoms with van der Waals surface area (Å²) in [5.74, 6) is 0. The molecular formula is C13H16ClNO. The minimum Gasteiger partial charge on any atom is -0.305 e. The topological polar surface area (TPSA) is 21.3 Å². The smallest absolute Gasteiger partial charge is 0.0572 e. The molecule has 0 aliphatic carbocycles. The summed E-state index contributed by atoms with van der Waals surface area (Å²) in [5.41, 5.74) is 3.99. The Hall–Kier alpha value is -1.09. The predicted octanol–water partition coefficient (Wildman–Crippen LogP) is 3.45. The van der Waals surface area contributed by atoms with Gasteiger partial charge in [-0.3, -0.25) is 0 Å². The lowest BCUT2D eigenvalue weighted by Crippen LogP contribution is -2.25. The fourth-order valence-corrected chi connectivity index (χ4v) is 1.42. The third kappa shape index (κ3) is 4.62. The lowest BCUT2D eigenvalue weighted by atomic mass is 10.1. The van der Waals surface area contributed by atoms with Crippen LogP contribution in [0.15, 0.2) is 43.0 Å². The fraction of sp³-hybridized carbons (Fsp3) is 0.231. The Kier molecular flexibility index (Phi) is 5.86. The molecule has 0 fully saturated rings. The zero-order chi connectivity index (χ0) is 11.8. The Bertz CT molecular complexity index is 345. The highest BCUT2D eigenvalue weighted by atomic mass is 35.5. The van der Waals surface area contributed by atoms with E-state index in [0.29, 0.717) is 0 Å². The van der Waals surface area contributed by atoms with Crippen LogP contribution in [0.4, 0.5) is 0 Å². The van der Waals surface area contributed by atoms with Gasteiger partial charge in [0.1, 0.15) is 0 Å². The van der Waals surface area contributed by atoms with Crippen LogP contribution < -0.4 is 5.48 Å². The van der Waals surface area contributed by atoms with E-state index in [1.807, 2.05) is 42.5 Å². The molecule has 1 aromatic carbocycles. The molecule has 0 amide bonds. The van der Waals surface area contributed by atoms with E-state index in [2.05, 4.69) is 12.1 Å². The van der Waals surface area contributed by atoms with E-state index in [1.165, 1.54) is 0 Å². The maximum atomic E-state index is 5.80. The first-order valence-electron chi connectivity index (χ1n) is 5.09. The molecule has 0 aliphatic rings. The van der Waals surface area contributed by atoms with Gasteiger partial charge in [0, 0.05) is 5.02 Å². The van der Waals surface area contributed by atoms with E-state index in [9.17, 15) is 0 Å². The van der Waals surface area contributed by atoms with Gasteiger partial charge in [0.05, 0.1) is 13.2 Å². The Labute approximate surface area is 102 Å². The average molecular weight is 238 g/mol. The van der Waals surface area contributed by atoms with E-state index in [0.717, 1.165) is 17.0 Å². The number of hydrogen-bond acceptors (Lipinski definition) is 2. The van der Waals surface area contributed by atoms with Gasteiger partial charge in [-0.15, -0.1) is 6.58 Å². The minimum atomic E-state index is 0.137. The Balaban J connectivity index is 2.61. The van der Waals surface area contributed by atoms with Crippen molar-refractivity contribution in [1.82, 2.24) is 5.48 Å². The molecule has 0 radical (unpaired) electrons. The van der Waals surface area contributed by atoms with Crippen LogP contribution in [-0.4, -0.2) is 13.2 Å². The standard InChI is InChI=1S/C13H16ClNO/c1-3-4-13(15-16-2)10-7-11-5-8-12(14)9-6-11/h3,5-10,13,15H,1,4H2,2H3/b10-7+. The van der Waals surface area contributed by atoms with Crippen molar-refractivity contribution in [1.29, 1.82) is 0 Å². The van der Waals surface area contributed by atoms with E-state index in [1.54, 1.807) is 7.11 Å². The van der Waals surface area contributed by atoms with Gasteiger partial charge in [0.25, 0.3) is 0 Å². The first-order chi connectivity index (χ1) is 7.76. The molecule has 86 valence electrons. The van der Waals surface area contributed by atoms with Gasteiger partial charge in [-0.05, 0) is 24.1 Å². The lowest BCUT2D eigenvalue weighted by molar-refractivity contribution is 0.0746. The summed E-state index contributed by atoms with van der Waals surface area (Å²) in [6.07, 6.45) is 6.73. The third-order valence-electron chi connectivity index (χ3n) is 2.08. The third-order valence-corrected chi connectivity index (χ3v) is 2.33. The van der Waals surface area contributed by atoms with Gasteiger partial charge >= 0.3 is 0 Å². The second-order valence-corrected chi connectivity index (χ2v) is 3.80. The number of halogens is 1. The van der Waals surface area contributed by atoms with Gasteiger partial charge in [0.15, 0.2) is 0 Å². The van der Waals surface area contributed by atoms with Crippen LogP contribution in [0, 0.1) is 0 Å². The fourth-order valence-electron chi connectivity index (χ4n) is 1.30. The number of nitrogens with one attached hydrogen (secondary N) is 1. The predicted molar refractivity (Wildman–Crippen MR) is 69.2 cm³/mol. The van der Waals surface area contributed by atoms with E-state index in [-0.39, 0.29) is 6.04 Å². The summed E-state index contributed by atoms with van der Waals surface area (Å²) in [4.78, 5) is 4.89. The summed E-state index contributed by atoms with van der Waals surface area (Å²) in [5, 5.41) is 0.745. The number of rotatable bonds is 6. The summed E-state index contributed by atoms with van der Waals surface area (Å²) in [6.45, 7) is 3.70. The second-order valence-electron chi connectivity index (χ2n) is 3.36. The first-order valence-corrected chi connectivity index (χ1v) is 5.47. The van der Waals surface area contributed by atoms with Crippen LogP contribution in [0.1, 0.15) is 12.0 Å². The normalized spacial score (nSPS) is 12.9. The van der Waals surface area contributed by atoms with Crippen molar-refractivity contribution in [3.05, 3.63) is 53.6 Å². The maximum absolute atomic E-state index is 5.80. The summed E-state index contributed by atoms with van der Waals surface area (Å²) in [6, 6.07) is 7.81. The zero-order valence-electron chi connectivity index (χ0n) is 9.32. The summed E-state index contributed by atoms with van der Waals surface area (Å²) in [7, 11) is 1.60. The van der Waals surface area contributed by atoms with E-state index in [4.69, 9.17) is 16.4 Å². The van der Waals surface area contributed by atoms with Crippen molar-refractivity contribution >= 4 is 17.7 Å². The van der Waals surface area contributed by atoms with Crippen LogP contribution in [-0.2, 0) is 4.84 Å². The highest BCUT2D eigenvalue weighted by Crippen LogP contribution is 2.11. The van der Waals surface area contributed by atoms with E-state index >= 15 is 0 Å². The van der Waals surface area contributed by atoms with Gasteiger partial charge in [-0.25, -0.2) is 0 Å². The van der Waals surface area contributed by atoms with Crippen LogP contribution >= 0.6 is 11.6 Å². The maximum Gasteiger partial charge on any atom is 0.0572 e. The van der Waals surface area contributed by atoms with Gasteiger partial charge < -0.3 is 4.84 Å². The Morgan fingerprint density at radius 3 is 2.69 bits per heavy atom. The van der Waals surface area contributed by atoms with Crippen molar-refractivity contribution in [3.63, 3.8) is 0 Å². The highest BCUT2D eigenvalue weighted by Gasteiger charge is 1.99. The molecule has 3 heteroatoms. The van der Waals surface area contributed by atoms with Gasteiger partial charge in [-0.1, -0.05) is 42.0 Å². The molecule has 0 spiro atoms. The van der Waals surface area contributed by atoms with Crippen molar-refractivity contribution in [2.45, 2.75) is 12.5 Å². The highest BCUT2D eigenvalue weighted by molar-refractivity contribution is 6.30. The molecule has 16 heavy (non-hydrogen) atoms. The van der Waals surface area contributed by atoms with E-state index < -0.39 is 0 Å². The Morgan fingerprint density at radius 1 is 1.44 bits per heavy atom. The molecule has 0 aromatic heterocycles. The molecular weight excluding hydrogens is 222 g/mol. The van der Waals surface area contributed by atoms with Crippen molar-refractivity contribution in [2.24, 2.45) is 0 Å². The van der Waals surface area contributed by atoms with Crippen molar-refractivity contribution in [2.75, 3.05) is 7.11 Å². The molecule has 2 nitrogen and oxygen atoms in total. The molecule has 1 unspecified atom stereocenters. The van der Waals surface area contributed by atoms with Crippen LogP contribution in [0.5, 0.6) is 0 Å². The molecule has 0 saturated heterocycles. The summed E-state index contributed by atoms with van der Waals surface area (Å²) < 4.78 is 0. The molecule has 1 rings (SSSR count). The van der Waals surface area contributed by atoms with Crippen LogP contribution in [0.3, 0.4) is 0 Å². The van der Waals surface area contributed by atoms with Crippen molar-refractivity contribution in [3.8, 4) is 0 Å². The first kappa shape index (κ1) is 13.0. The average Bonchev–Trinajstić information content (AvgIpc) is 2.29. The molecule has 0 saturated carbocycles. The lowest BCUT2D eigenvalue weighted by Gasteiger charge is -2.10. The number of hydroxylamine groups is 1. The quantitative estimate of drug-likeness (QED) is 0.605. The van der Waals surface area contributed by atoms with Crippen LogP contribution in [0.2, 0.25) is 5.02 Å². The Morgan fingerprint density at radius 2 is 2.12 bits per heavy atom. The SMILES string of the molecule is C=CCC(/C=C/c1ccc(Cl)cc1)NOC. The van der Waals surface area contributed by atoms with Gasteiger partial charge in [0.2, 0.25) is 0 Å². The molecule has 0 bridgehead atoms. The largest absolute Gasteiger partial charge is 0.305 e. The molecule has 1 aromatic rings. The number of hydrogen-bond donors (Lipinski definition) is 1. The van der Waals surface area contributed by atoms with Crippen LogP contribution in [0.25, 0.3) is 6.08 Å². The molecule has 1 atom stereocenters. The second kappa shape index (κ2) is 7.23. The minimum absolute atomic E-state index is 0.137. The molecule has 1 N–H and O–H groups in total.